The lowest BCUT2D eigenvalue weighted by molar-refractivity contribution is -0.143. The molecule has 2 aromatic rings. The molecule has 1 aromatic carbocycles. The largest absolute Gasteiger partial charge is 0.508 e. The van der Waals surface area contributed by atoms with E-state index < -0.39 is 0 Å². The van der Waals surface area contributed by atoms with Gasteiger partial charge >= 0.3 is 5.97 Å². The number of rotatable bonds is 5. The third-order valence-corrected chi connectivity index (χ3v) is 3.96. The quantitative estimate of drug-likeness (QED) is 0.859. The Bertz CT molecular complexity index is 594. The molecule has 0 aliphatic heterocycles. The summed E-state index contributed by atoms with van der Waals surface area (Å²) < 4.78 is 5.04. The summed E-state index contributed by atoms with van der Waals surface area (Å²) in [4.78, 5) is 17.0. The average Bonchev–Trinajstić information content (AvgIpc) is 2.83. The van der Waals surface area contributed by atoms with Gasteiger partial charge in [-0.15, -0.1) is 11.3 Å². The minimum Gasteiger partial charge on any atom is -0.508 e. The Balaban J connectivity index is 2.31. The molecule has 0 radical (unpaired) electrons. The Morgan fingerprint density at radius 3 is 2.90 bits per heavy atom. The molecule has 0 bridgehead atoms. The van der Waals surface area contributed by atoms with Gasteiger partial charge in [0.25, 0.3) is 0 Å². The molecule has 1 aromatic heterocycles. The topological polar surface area (TPSA) is 59.4 Å². The summed E-state index contributed by atoms with van der Waals surface area (Å²) in [6.45, 7) is 4.09. The first-order valence-electron chi connectivity index (χ1n) is 6.47. The maximum atomic E-state index is 11.8. The normalized spacial score (nSPS) is 12.1. The Kier molecular flexibility index (Phi) is 4.74. The van der Waals surface area contributed by atoms with Gasteiger partial charge in [-0.1, -0.05) is 12.1 Å². The number of phenolic OH excluding ortho intramolecular Hbond substituents is 1. The molecule has 1 unspecified atom stereocenters. The summed E-state index contributed by atoms with van der Waals surface area (Å²) in [5, 5.41) is 10.6. The molecule has 0 spiro atoms. The van der Waals surface area contributed by atoms with E-state index in [-0.39, 0.29) is 24.1 Å². The standard InChI is InChI=1S/C15H17NO3S/c1-3-19-15(18)8-13(14-9-16-10(2)20-14)11-5-4-6-12(17)7-11/h4-7,9,13,17H,3,8H2,1-2H3. The molecule has 20 heavy (non-hydrogen) atoms. The van der Waals surface area contributed by atoms with Crippen molar-refractivity contribution in [3.8, 4) is 5.75 Å². The monoisotopic (exact) mass is 291 g/mol. The highest BCUT2D eigenvalue weighted by Crippen LogP contribution is 2.33. The highest BCUT2D eigenvalue weighted by Gasteiger charge is 2.21. The molecular weight excluding hydrogens is 274 g/mol. The molecule has 0 fully saturated rings. The maximum absolute atomic E-state index is 11.8. The van der Waals surface area contributed by atoms with Crippen LogP contribution in [-0.2, 0) is 9.53 Å². The van der Waals surface area contributed by atoms with Crippen LogP contribution in [0.4, 0.5) is 0 Å². The molecule has 5 heteroatoms. The molecule has 106 valence electrons. The average molecular weight is 291 g/mol. The zero-order valence-corrected chi connectivity index (χ0v) is 12.3. The summed E-state index contributed by atoms with van der Waals surface area (Å²) >= 11 is 1.56. The molecule has 0 saturated carbocycles. The summed E-state index contributed by atoms with van der Waals surface area (Å²) in [6.07, 6.45) is 2.03. The van der Waals surface area contributed by atoms with Crippen molar-refractivity contribution in [1.29, 1.82) is 0 Å². The van der Waals surface area contributed by atoms with Gasteiger partial charge in [-0.2, -0.15) is 0 Å². The summed E-state index contributed by atoms with van der Waals surface area (Å²) in [7, 11) is 0. The number of benzene rings is 1. The maximum Gasteiger partial charge on any atom is 0.306 e. The molecule has 1 N–H and O–H groups in total. The Morgan fingerprint density at radius 2 is 2.30 bits per heavy atom. The minimum absolute atomic E-state index is 0.132. The van der Waals surface area contributed by atoms with Crippen LogP contribution in [0.15, 0.2) is 30.5 Å². The number of aromatic hydroxyl groups is 1. The van der Waals surface area contributed by atoms with E-state index in [1.165, 1.54) is 0 Å². The van der Waals surface area contributed by atoms with E-state index in [0.29, 0.717) is 6.61 Å². The predicted molar refractivity (Wildman–Crippen MR) is 78.1 cm³/mol. The van der Waals surface area contributed by atoms with E-state index in [4.69, 9.17) is 4.74 Å². The fourth-order valence-electron chi connectivity index (χ4n) is 2.05. The molecule has 0 aliphatic carbocycles. The van der Waals surface area contributed by atoms with E-state index >= 15 is 0 Å². The van der Waals surface area contributed by atoms with Crippen LogP contribution >= 0.6 is 11.3 Å². The van der Waals surface area contributed by atoms with Crippen LogP contribution in [0, 0.1) is 6.92 Å². The Morgan fingerprint density at radius 1 is 1.50 bits per heavy atom. The van der Waals surface area contributed by atoms with Gasteiger partial charge in [-0.25, -0.2) is 4.98 Å². The second-order valence-corrected chi connectivity index (χ2v) is 5.70. The van der Waals surface area contributed by atoms with Crippen molar-refractivity contribution >= 4 is 17.3 Å². The zero-order chi connectivity index (χ0) is 14.5. The van der Waals surface area contributed by atoms with Crippen LogP contribution in [0.1, 0.15) is 34.7 Å². The van der Waals surface area contributed by atoms with Gasteiger partial charge in [0.05, 0.1) is 18.0 Å². The third-order valence-electron chi connectivity index (χ3n) is 2.93. The van der Waals surface area contributed by atoms with Crippen molar-refractivity contribution in [2.24, 2.45) is 0 Å². The number of carbonyl (C=O) groups is 1. The van der Waals surface area contributed by atoms with Crippen molar-refractivity contribution in [2.75, 3.05) is 6.61 Å². The lowest BCUT2D eigenvalue weighted by Gasteiger charge is -2.15. The lowest BCUT2D eigenvalue weighted by atomic mass is 9.94. The first-order valence-corrected chi connectivity index (χ1v) is 7.28. The smallest absolute Gasteiger partial charge is 0.306 e. The predicted octanol–water partition coefficient (Wildman–Crippen LogP) is 3.24. The van der Waals surface area contributed by atoms with Crippen molar-refractivity contribution in [1.82, 2.24) is 4.98 Å². The van der Waals surface area contributed by atoms with E-state index in [2.05, 4.69) is 4.98 Å². The number of esters is 1. The van der Waals surface area contributed by atoms with Crippen LogP contribution < -0.4 is 0 Å². The minimum atomic E-state index is -0.244. The van der Waals surface area contributed by atoms with Gasteiger partial charge in [0.1, 0.15) is 5.75 Å². The van der Waals surface area contributed by atoms with Crippen molar-refractivity contribution in [3.63, 3.8) is 0 Å². The van der Waals surface area contributed by atoms with E-state index in [9.17, 15) is 9.90 Å². The van der Waals surface area contributed by atoms with Gasteiger partial charge in [-0.05, 0) is 31.5 Å². The molecule has 0 amide bonds. The molecule has 4 nitrogen and oxygen atoms in total. The number of carbonyl (C=O) groups excluding carboxylic acids is 1. The van der Waals surface area contributed by atoms with E-state index in [1.54, 1.807) is 42.7 Å². The van der Waals surface area contributed by atoms with Crippen molar-refractivity contribution in [2.45, 2.75) is 26.2 Å². The second-order valence-electron chi connectivity index (χ2n) is 4.44. The molecular formula is C15H17NO3S. The molecule has 0 saturated heterocycles. The van der Waals surface area contributed by atoms with E-state index in [0.717, 1.165) is 15.4 Å². The van der Waals surface area contributed by atoms with Crippen molar-refractivity contribution in [3.05, 3.63) is 45.9 Å². The first-order chi connectivity index (χ1) is 9.60. The number of aryl methyl sites for hydroxylation is 1. The second kappa shape index (κ2) is 6.52. The van der Waals surface area contributed by atoms with Crippen LogP contribution in [0.25, 0.3) is 0 Å². The number of hydrogen-bond donors (Lipinski definition) is 1. The first kappa shape index (κ1) is 14.5. The highest BCUT2D eigenvalue weighted by molar-refractivity contribution is 7.11. The molecule has 2 rings (SSSR count). The fourth-order valence-corrected chi connectivity index (χ4v) is 2.96. The fraction of sp³-hybridized carbons (Fsp3) is 0.333. The van der Waals surface area contributed by atoms with Gasteiger partial charge in [-0.3, -0.25) is 4.79 Å². The van der Waals surface area contributed by atoms with Crippen LogP contribution in [0.3, 0.4) is 0 Å². The Labute approximate surface area is 122 Å². The van der Waals surface area contributed by atoms with E-state index in [1.807, 2.05) is 13.0 Å². The SMILES string of the molecule is CCOC(=O)CC(c1cccc(O)c1)c1cnc(C)s1. The number of ether oxygens (including phenoxy) is 1. The molecule has 1 heterocycles. The van der Waals surface area contributed by atoms with Crippen LogP contribution in [0.2, 0.25) is 0 Å². The summed E-state index contributed by atoms with van der Waals surface area (Å²) in [5.74, 6) is -0.183. The highest BCUT2D eigenvalue weighted by atomic mass is 32.1. The summed E-state index contributed by atoms with van der Waals surface area (Å²) in [5.41, 5.74) is 0.890. The van der Waals surface area contributed by atoms with Gasteiger partial charge < -0.3 is 9.84 Å². The van der Waals surface area contributed by atoms with Gasteiger partial charge in [0, 0.05) is 17.0 Å². The molecule has 1 atom stereocenters. The van der Waals surface area contributed by atoms with Crippen LogP contribution in [-0.4, -0.2) is 22.7 Å². The third kappa shape index (κ3) is 3.57. The number of nitrogens with zero attached hydrogens (tertiary/aromatic N) is 1. The number of hydrogen-bond acceptors (Lipinski definition) is 5. The number of aromatic nitrogens is 1. The van der Waals surface area contributed by atoms with Crippen LogP contribution in [0.5, 0.6) is 5.75 Å². The van der Waals surface area contributed by atoms with Crippen molar-refractivity contribution < 1.29 is 14.6 Å². The Hall–Kier alpha value is -1.88. The lowest BCUT2D eigenvalue weighted by Crippen LogP contribution is -2.10. The van der Waals surface area contributed by atoms with Gasteiger partial charge in [0.15, 0.2) is 0 Å². The number of thiazole rings is 1. The zero-order valence-electron chi connectivity index (χ0n) is 11.5. The molecule has 0 aliphatic rings. The summed E-state index contributed by atoms with van der Waals surface area (Å²) in [6, 6.07) is 6.97. The number of phenols is 1. The van der Waals surface area contributed by atoms with Gasteiger partial charge in [0.2, 0.25) is 0 Å².